The van der Waals surface area contributed by atoms with E-state index in [-0.39, 0.29) is 23.8 Å². The first kappa shape index (κ1) is 23.4. The number of hydrogen-bond acceptors (Lipinski definition) is 6. The average Bonchev–Trinajstić information content (AvgIpc) is 2.78. The van der Waals surface area contributed by atoms with Crippen LogP contribution in [0.3, 0.4) is 0 Å². The van der Waals surface area contributed by atoms with Gasteiger partial charge in [0.2, 0.25) is 15.9 Å². The van der Waals surface area contributed by atoms with Crippen LogP contribution in [0.2, 0.25) is 0 Å². The van der Waals surface area contributed by atoms with Gasteiger partial charge in [0.25, 0.3) is 5.69 Å². The van der Waals surface area contributed by atoms with Gasteiger partial charge in [-0.3, -0.25) is 14.9 Å². The predicted molar refractivity (Wildman–Crippen MR) is 119 cm³/mol. The van der Waals surface area contributed by atoms with Crippen LogP contribution >= 0.6 is 0 Å². The molecule has 2 aromatic rings. The number of amides is 1. The number of nitro benzene ring substituents is 1. The van der Waals surface area contributed by atoms with E-state index in [0.717, 1.165) is 5.69 Å². The number of nitrogens with zero attached hydrogens (tertiary/aromatic N) is 3. The number of carbonyl (C=O) groups excluding carboxylic acids is 1. The van der Waals surface area contributed by atoms with E-state index in [9.17, 15) is 27.7 Å². The number of nitrogens with one attached hydrogen (secondary N) is 1. The van der Waals surface area contributed by atoms with E-state index < -0.39 is 20.9 Å². The molecule has 32 heavy (non-hydrogen) atoms. The summed E-state index contributed by atoms with van der Waals surface area (Å²) in [6.45, 7) is 1.58. The molecule has 1 saturated heterocycles. The Bertz CT molecular complexity index is 1080. The van der Waals surface area contributed by atoms with Crippen LogP contribution in [0.5, 0.6) is 0 Å². The lowest BCUT2D eigenvalue weighted by Crippen LogP contribution is -2.50. The summed E-state index contributed by atoms with van der Waals surface area (Å²) in [5.41, 5.74) is 1.41. The van der Waals surface area contributed by atoms with Crippen molar-refractivity contribution in [2.24, 2.45) is 0 Å². The Morgan fingerprint density at radius 2 is 1.69 bits per heavy atom. The molecule has 1 N–H and O–H groups in total. The smallest absolute Gasteiger partial charge is 0.269 e. The third-order valence-electron chi connectivity index (χ3n) is 5.01. The highest BCUT2D eigenvalue weighted by Crippen LogP contribution is 2.18. The number of hydrogen-bond donors (Lipinski definition) is 1. The molecule has 0 unspecified atom stereocenters. The van der Waals surface area contributed by atoms with Crippen LogP contribution in [0.4, 0.5) is 15.8 Å². The summed E-state index contributed by atoms with van der Waals surface area (Å²) >= 11 is 0. The summed E-state index contributed by atoms with van der Waals surface area (Å²) in [5.74, 6) is -1.00. The monoisotopic (exact) mass is 462 g/mol. The lowest BCUT2D eigenvalue weighted by molar-refractivity contribution is -0.384. The van der Waals surface area contributed by atoms with Crippen molar-refractivity contribution in [2.45, 2.75) is 0 Å². The molecule has 1 heterocycles. The maximum atomic E-state index is 13.1. The van der Waals surface area contributed by atoms with E-state index in [1.165, 1.54) is 52.9 Å². The zero-order chi connectivity index (χ0) is 23.1. The highest BCUT2D eigenvalue weighted by Gasteiger charge is 2.26. The van der Waals surface area contributed by atoms with Crippen LogP contribution in [0.25, 0.3) is 6.08 Å². The maximum Gasteiger partial charge on any atom is 0.269 e. The zero-order valence-corrected chi connectivity index (χ0v) is 18.0. The lowest BCUT2D eigenvalue weighted by atomic mass is 10.2. The molecule has 1 amide bonds. The van der Waals surface area contributed by atoms with Gasteiger partial charge in [0.05, 0.1) is 10.7 Å². The van der Waals surface area contributed by atoms with Crippen molar-refractivity contribution in [1.82, 2.24) is 9.62 Å². The Balaban J connectivity index is 1.43. The van der Waals surface area contributed by atoms with E-state index in [0.29, 0.717) is 31.7 Å². The second kappa shape index (κ2) is 10.3. The molecule has 3 rings (SSSR count). The number of carbonyl (C=O) groups is 1. The molecule has 1 aliphatic heterocycles. The predicted octanol–water partition coefficient (Wildman–Crippen LogP) is 2.02. The number of sulfonamides is 1. The summed E-state index contributed by atoms with van der Waals surface area (Å²) in [7, 11) is -3.53. The standard InChI is InChI=1S/C21H23FN4O5S/c22-18-4-8-19(9-5-18)24-12-14-25(15-13-24)32(30,31)16-11-23-21(27)10-3-17-1-6-20(7-2-17)26(28)29/h1-10H,11-16H2,(H,23,27)/b10-3+. The third-order valence-corrected chi connectivity index (χ3v) is 6.89. The average molecular weight is 463 g/mol. The third kappa shape index (κ3) is 6.34. The summed E-state index contributed by atoms with van der Waals surface area (Å²) in [5, 5.41) is 13.2. The fraction of sp³-hybridized carbons (Fsp3) is 0.286. The van der Waals surface area contributed by atoms with Crippen LogP contribution in [0.15, 0.2) is 54.6 Å². The quantitative estimate of drug-likeness (QED) is 0.365. The topological polar surface area (TPSA) is 113 Å². The van der Waals surface area contributed by atoms with Crippen LogP contribution < -0.4 is 10.2 Å². The van der Waals surface area contributed by atoms with Crippen molar-refractivity contribution in [3.05, 3.63) is 76.1 Å². The van der Waals surface area contributed by atoms with Gasteiger partial charge in [0.1, 0.15) is 5.82 Å². The molecule has 2 aromatic carbocycles. The first-order valence-electron chi connectivity index (χ1n) is 9.93. The number of piperazine rings is 1. The first-order valence-corrected chi connectivity index (χ1v) is 11.5. The molecule has 0 saturated carbocycles. The van der Waals surface area contributed by atoms with Gasteiger partial charge in [0, 0.05) is 56.6 Å². The number of nitro groups is 1. The second-order valence-electron chi connectivity index (χ2n) is 7.15. The second-order valence-corrected chi connectivity index (χ2v) is 9.24. The summed E-state index contributed by atoms with van der Waals surface area (Å²) < 4.78 is 39.6. The summed E-state index contributed by atoms with van der Waals surface area (Å²) in [6, 6.07) is 11.8. The van der Waals surface area contributed by atoms with Gasteiger partial charge in [-0.05, 0) is 48.0 Å². The Labute approximate surface area is 185 Å². The van der Waals surface area contributed by atoms with Gasteiger partial charge in [-0.15, -0.1) is 0 Å². The largest absolute Gasteiger partial charge is 0.369 e. The van der Waals surface area contributed by atoms with Crippen molar-refractivity contribution in [1.29, 1.82) is 0 Å². The molecule has 170 valence electrons. The van der Waals surface area contributed by atoms with Crippen LogP contribution in [-0.2, 0) is 14.8 Å². The number of anilines is 1. The van der Waals surface area contributed by atoms with Crippen molar-refractivity contribution < 1.29 is 22.5 Å². The SMILES string of the molecule is O=C(/C=C/c1ccc([N+](=O)[O-])cc1)NCCS(=O)(=O)N1CCN(c2ccc(F)cc2)CC1. The fourth-order valence-electron chi connectivity index (χ4n) is 3.25. The molecule has 0 aliphatic carbocycles. The van der Waals surface area contributed by atoms with Crippen molar-refractivity contribution >= 4 is 33.4 Å². The van der Waals surface area contributed by atoms with Crippen LogP contribution in [-0.4, -0.2) is 62.0 Å². The van der Waals surface area contributed by atoms with Crippen molar-refractivity contribution in [2.75, 3.05) is 43.4 Å². The van der Waals surface area contributed by atoms with Gasteiger partial charge >= 0.3 is 0 Å². The Morgan fingerprint density at radius 1 is 1.06 bits per heavy atom. The van der Waals surface area contributed by atoms with Crippen molar-refractivity contribution in [3.63, 3.8) is 0 Å². The molecule has 0 bridgehead atoms. The fourth-order valence-corrected chi connectivity index (χ4v) is 4.58. The van der Waals surface area contributed by atoms with Gasteiger partial charge in [-0.1, -0.05) is 0 Å². The maximum absolute atomic E-state index is 13.1. The normalized spacial score (nSPS) is 15.1. The molecule has 0 spiro atoms. The first-order chi connectivity index (χ1) is 15.2. The van der Waals surface area contributed by atoms with E-state index >= 15 is 0 Å². The van der Waals surface area contributed by atoms with Gasteiger partial charge in [-0.2, -0.15) is 4.31 Å². The Hall–Kier alpha value is -3.31. The zero-order valence-electron chi connectivity index (χ0n) is 17.2. The molecule has 0 aromatic heterocycles. The minimum absolute atomic E-state index is 0.0378. The Morgan fingerprint density at radius 3 is 2.28 bits per heavy atom. The van der Waals surface area contributed by atoms with E-state index in [1.807, 2.05) is 4.90 Å². The van der Waals surface area contributed by atoms with Gasteiger partial charge in [0.15, 0.2) is 0 Å². The van der Waals surface area contributed by atoms with E-state index in [2.05, 4.69) is 5.32 Å². The molecule has 0 radical (unpaired) electrons. The van der Waals surface area contributed by atoms with Crippen LogP contribution in [0, 0.1) is 15.9 Å². The molecule has 1 aliphatic rings. The summed E-state index contributed by atoms with van der Waals surface area (Å²) in [4.78, 5) is 24.1. The number of benzene rings is 2. The number of rotatable bonds is 8. The molecule has 11 heteroatoms. The number of halogens is 1. The Kier molecular flexibility index (Phi) is 7.54. The molecule has 9 nitrogen and oxygen atoms in total. The summed E-state index contributed by atoms with van der Waals surface area (Å²) in [6.07, 6.45) is 2.73. The molecular weight excluding hydrogens is 439 g/mol. The lowest BCUT2D eigenvalue weighted by Gasteiger charge is -2.35. The van der Waals surface area contributed by atoms with Crippen molar-refractivity contribution in [3.8, 4) is 0 Å². The van der Waals surface area contributed by atoms with Gasteiger partial charge in [-0.25, -0.2) is 12.8 Å². The van der Waals surface area contributed by atoms with Gasteiger partial charge < -0.3 is 10.2 Å². The number of non-ortho nitro benzene ring substituents is 1. The van der Waals surface area contributed by atoms with E-state index in [4.69, 9.17) is 0 Å². The highest BCUT2D eigenvalue weighted by molar-refractivity contribution is 7.89. The molecule has 1 fully saturated rings. The minimum atomic E-state index is -3.53. The minimum Gasteiger partial charge on any atom is -0.369 e. The highest BCUT2D eigenvalue weighted by atomic mass is 32.2. The molecule has 0 atom stereocenters. The molecular formula is C21H23FN4O5S. The van der Waals surface area contributed by atoms with E-state index in [1.54, 1.807) is 12.1 Å². The van der Waals surface area contributed by atoms with Crippen LogP contribution in [0.1, 0.15) is 5.56 Å².